The molecule has 92 valence electrons. The number of ether oxygens (including phenoxy) is 1. The highest BCUT2D eigenvalue weighted by atomic mass is 16.5. The molecule has 1 aliphatic carbocycles. The van der Waals surface area contributed by atoms with Gasteiger partial charge in [0.15, 0.2) is 0 Å². The Morgan fingerprint density at radius 1 is 1.50 bits per heavy atom. The number of morpholine rings is 1. The Morgan fingerprint density at radius 3 is 3.19 bits per heavy atom. The number of rotatable bonds is 4. The van der Waals surface area contributed by atoms with Crippen molar-refractivity contribution in [3.8, 4) is 0 Å². The monoisotopic (exact) mass is 226 g/mol. The van der Waals surface area contributed by atoms with Crippen molar-refractivity contribution in [2.24, 2.45) is 0 Å². The summed E-state index contributed by atoms with van der Waals surface area (Å²) in [5.41, 5.74) is 0. The average Bonchev–Trinajstić information content (AvgIpc) is 2.76. The van der Waals surface area contributed by atoms with E-state index in [1.807, 2.05) is 7.05 Å². The predicted molar refractivity (Wildman–Crippen MR) is 62.3 cm³/mol. The summed E-state index contributed by atoms with van der Waals surface area (Å²) in [6, 6.07) is 0.371. The maximum Gasteiger partial charge on any atom is 0.223 e. The first-order valence-corrected chi connectivity index (χ1v) is 6.38. The van der Waals surface area contributed by atoms with Crippen molar-refractivity contribution in [1.82, 2.24) is 10.2 Å². The molecule has 0 aromatic carbocycles. The van der Waals surface area contributed by atoms with E-state index in [-0.39, 0.29) is 0 Å². The lowest BCUT2D eigenvalue weighted by atomic mass is 10.1. The molecule has 0 bridgehead atoms. The Bertz CT molecular complexity index is 245. The standard InChI is InChI=1S/C12H22N2O2/c1-13-7-3-6-12(15)14-8-9-16-11-5-2-4-10(11)14/h10-11,13H,2-9H2,1H3. The predicted octanol–water partition coefficient (Wildman–Crippen LogP) is 0.766. The van der Waals surface area contributed by atoms with Gasteiger partial charge in [-0.05, 0) is 39.3 Å². The van der Waals surface area contributed by atoms with Crippen LogP contribution in [0.5, 0.6) is 0 Å². The lowest BCUT2D eigenvalue weighted by molar-refractivity contribution is -0.144. The third-order valence-corrected chi connectivity index (χ3v) is 3.62. The summed E-state index contributed by atoms with van der Waals surface area (Å²) < 4.78 is 5.70. The van der Waals surface area contributed by atoms with Crippen molar-refractivity contribution in [3.63, 3.8) is 0 Å². The zero-order valence-electron chi connectivity index (χ0n) is 10.1. The lowest BCUT2D eigenvalue weighted by Crippen LogP contribution is -2.51. The fourth-order valence-corrected chi connectivity index (χ4v) is 2.80. The van der Waals surface area contributed by atoms with Gasteiger partial charge in [-0.1, -0.05) is 0 Å². The fourth-order valence-electron chi connectivity index (χ4n) is 2.80. The second-order valence-electron chi connectivity index (χ2n) is 4.70. The summed E-state index contributed by atoms with van der Waals surface area (Å²) >= 11 is 0. The first-order chi connectivity index (χ1) is 7.83. The van der Waals surface area contributed by atoms with Crippen LogP contribution in [0.25, 0.3) is 0 Å². The van der Waals surface area contributed by atoms with Crippen molar-refractivity contribution in [2.75, 3.05) is 26.7 Å². The number of carbonyl (C=O) groups excluding carboxylic acids is 1. The van der Waals surface area contributed by atoms with Gasteiger partial charge < -0.3 is 15.0 Å². The Balaban J connectivity index is 1.84. The van der Waals surface area contributed by atoms with Crippen molar-refractivity contribution in [2.45, 2.75) is 44.2 Å². The molecule has 16 heavy (non-hydrogen) atoms. The number of nitrogens with one attached hydrogen (secondary N) is 1. The maximum atomic E-state index is 12.1. The van der Waals surface area contributed by atoms with Crippen LogP contribution >= 0.6 is 0 Å². The van der Waals surface area contributed by atoms with Gasteiger partial charge in [0.2, 0.25) is 5.91 Å². The van der Waals surface area contributed by atoms with Crippen LogP contribution in [0.4, 0.5) is 0 Å². The highest BCUT2D eigenvalue weighted by molar-refractivity contribution is 5.76. The fraction of sp³-hybridized carbons (Fsp3) is 0.917. The molecule has 2 fully saturated rings. The second-order valence-corrected chi connectivity index (χ2v) is 4.70. The van der Waals surface area contributed by atoms with Crippen LogP contribution in [-0.4, -0.2) is 49.7 Å². The van der Waals surface area contributed by atoms with Crippen LogP contribution in [-0.2, 0) is 9.53 Å². The molecule has 1 saturated carbocycles. The van der Waals surface area contributed by atoms with Crippen LogP contribution < -0.4 is 5.32 Å². The number of nitrogens with zero attached hydrogens (tertiary/aromatic N) is 1. The van der Waals surface area contributed by atoms with E-state index in [0.29, 0.717) is 24.5 Å². The Hall–Kier alpha value is -0.610. The summed E-state index contributed by atoms with van der Waals surface area (Å²) in [4.78, 5) is 14.1. The van der Waals surface area contributed by atoms with Crippen molar-refractivity contribution < 1.29 is 9.53 Å². The summed E-state index contributed by atoms with van der Waals surface area (Å²) in [5.74, 6) is 0.315. The average molecular weight is 226 g/mol. The second kappa shape index (κ2) is 5.64. The molecule has 2 unspecified atom stereocenters. The highest BCUT2D eigenvalue weighted by Gasteiger charge is 2.37. The summed E-state index contributed by atoms with van der Waals surface area (Å²) in [5, 5.41) is 3.08. The van der Waals surface area contributed by atoms with Gasteiger partial charge in [0.1, 0.15) is 0 Å². The minimum absolute atomic E-state index is 0.315. The van der Waals surface area contributed by atoms with E-state index in [9.17, 15) is 4.79 Å². The van der Waals surface area contributed by atoms with E-state index in [0.717, 1.165) is 39.0 Å². The van der Waals surface area contributed by atoms with Crippen LogP contribution in [0.3, 0.4) is 0 Å². The number of hydrogen-bond acceptors (Lipinski definition) is 3. The SMILES string of the molecule is CNCCCC(=O)N1CCOC2CCCC21. The molecule has 1 amide bonds. The molecule has 1 heterocycles. The third-order valence-electron chi connectivity index (χ3n) is 3.62. The first-order valence-electron chi connectivity index (χ1n) is 6.38. The normalized spacial score (nSPS) is 29.2. The molecule has 1 saturated heterocycles. The largest absolute Gasteiger partial charge is 0.374 e. The minimum Gasteiger partial charge on any atom is -0.374 e. The molecule has 2 atom stereocenters. The van der Waals surface area contributed by atoms with Gasteiger partial charge in [-0.3, -0.25) is 4.79 Å². The molecular weight excluding hydrogens is 204 g/mol. The smallest absolute Gasteiger partial charge is 0.223 e. The quantitative estimate of drug-likeness (QED) is 0.720. The number of fused-ring (bicyclic) bond motifs is 1. The van der Waals surface area contributed by atoms with Crippen LogP contribution in [0.15, 0.2) is 0 Å². The molecule has 0 spiro atoms. The van der Waals surface area contributed by atoms with Crippen molar-refractivity contribution in [1.29, 1.82) is 0 Å². The van der Waals surface area contributed by atoms with Crippen LogP contribution in [0, 0.1) is 0 Å². The van der Waals surface area contributed by atoms with Gasteiger partial charge in [0.05, 0.1) is 18.8 Å². The Kier molecular flexibility index (Phi) is 4.18. The number of amides is 1. The van der Waals surface area contributed by atoms with Gasteiger partial charge >= 0.3 is 0 Å². The molecule has 2 rings (SSSR count). The molecule has 1 N–H and O–H groups in total. The van der Waals surface area contributed by atoms with E-state index in [2.05, 4.69) is 10.2 Å². The molecule has 2 aliphatic rings. The number of carbonyl (C=O) groups is 1. The zero-order chi connectivity index (χ0) is 11.4. The van der Waals surface area contributed by atoms with Gasteiger partial charge in [-0.25, -0.2) is 0 Å². The van der Waals surface area contributed by atoms with Crippen LogP contribution in [0.2, 0.25) is 0 Å². The van der Waals surface area contributed by atoms with E-state index < -0.39 is 0 Å². The summed E-state index contributed by atoms with van der Waals surface area (Å²) in [7, 11) is 1.92. The Morgan fingerprint density at radius 2 is 2.38 bits per heavy atom. The summed E-state index contributed by atoms with van der Waals surface area (Å²) in [6.45, 7) is 2.43. The van der Waals surface area contributed by atoms with Crippen molar-refractivity contribution >= 4 is 5.91 Å². The van der Waals surface area contributed by atoms with Crippen molar-refractivity contribution in [3.05, 3.63) is 0 Å². The van der Waals surface area contributed by atoms with Gasteiger partial charge in [0.25, 0.3) is 0 Å². The highest BCUT2D eigenvalue weighted by Crippen LogP contribution is 2.30. The molecule has 1 aliphatic heterocycles. The van der Waals surface area contributed by atoms with E-state index in [1.165, 1.54) is 6.42 Å². The topological polar surface area (TPSA) is 41.6 Å². The maximum absolute atomic E-state index is 12.1. The number of hydrogen-bond donors (Lipinski definition) is 1. The van der Waals surface area contributed by atoms with E-state index in [1.54, 1.807) is 0 Å². The minimum atomic E-state index is 0.315. The molecular formula is C12H22N2O2. The van der Waals surface area contributed by atoms with Gasteiger partial charge in [-0.2, -0.15) is 0 Å². The van der Waals surface area contributed by atoms with Gasteiger partial charge in [-0.15, -0.1) is 0 Å². The van der Waals surface area contributed by atoms with Gasteiger partial charge in [0, 0.05) is 13.0 Å². The molecule has 0 radical (unpaired) electrons. The third kappa shape index (κ3) is 2.55. The molecule has 0 aromatic heterocycles. The lowest BCUT2D eigenvalue weighted by Gasteiger charge is -2.37. The van der Waals surface area contributed by atoms with Crippen LogP contribution in [0.1, 0.15) is 32.1 Å². The Labute approximate surface area is 97.3 Å². The van der Waals surface area contributed by atoms with E-state index >= 15 is 0 Å². The first kappa shape index (κ1) is 11.9. The molecule has 4 nitrogen and oxygen atoms in total. The zero-order valence-corrected chi connectivity index (χ0v) is 10.1. The molecule has 0 aromatic rings. The van der Waals surface area contributed by atoms with E-state index in [4.69, 9.17) is 4.74 Å². The molecule has 4 heteroatoms. The summed E-state index contributed by atoms with van der Waals surface area (Å²) in [6.07, 6.45) is 5.39.